The zero-order valence-corrected chi connectivity index (χ0v) is 11.4. The maximum absolute atomic E-state index is 11.9. The van der Waals surface area contributed by atoms with Crippen LogP contribution in [0.1, 0.15) is 26.6 Å². The third-order valence-corrected chi connectivity index (χ3v) is 3.01. The number of hydrogen-bond donors (Lipinski definition) is 2. The summed E-state index contributed by atoms with van der Waals surface area (Å²) in [5.41, 5.74) is 0.561. The Balaban J connectivity index is 2.25. The van der Waals surface area contributed by atoms with Gasteiger partial charge in [0.05, 0.1) is 11.3 Å². The normalized spacial score (nSPS) is 10.2. The van der Waals surface area contributed by atoms with Crippen LogP contribution in [0.5, 0.6) is 0 Å². The van der Waals surface area contributed by atoms with Gasteiger partial charge in [-0.15, -0.1) is 0 Å². The summed E-state index contributed by atoms with van der Waals surface area (Å²) < 4.78 is 5.37. The Kier molecular flexibility index (Phi) is 3.66. The van der Waals surface area contributed by atoms with Crippen molar-refractivity contribution in [1.82, 2.24) is 5.16 Å². The van der Waals surface area contributed by atoms with Crippen LogP contribution in [0.3, 0.4) is 0 Å². The summed E-state index contributed by atoms with van der Waals surface area (Å²) in [4.78, 5) is 22.7. The van der Waals surface area contributed by atoms with Crippen molar-refractivity contribution in [3.63, 3.8) is 0 Å². The standard InChI is InChI=1S/C12H9BrN2O4/c1-6-4-10(15-19-6)11(16)14-9-5-7(12(17)18)2-3-8(9)13/h2-5H,1H3,(H,14,16)(H,17,18). The molecule has 2 rings (SSSR count). The Morgan fingerprint density at radius 2 is 2.11 bits per heavy atom. The second kappa shape index (κ2) is 5.23. The van der Waals surface area contributed by atoms with Crippen LogP contribution in [0.15, 0.2) is 33.3 Å². The van der Waals surface area contributed by atoms with Crippen LogP contribution in [-0.4, -0.2) is 22.1 Å². The van der Waals surface area contributed by atoms with E-state index in [4.69, 9.17) is 9.63 Å². The van der Waals surface area contributed by atoms with Crippen LogP contribution in [0.25, 0.3) is 0 Å². The molecule has 0 radical (unpaired) electrons. The first-order valence-corrected chi connectivity index (χ1v) is 6.04. The molecule has 0 saturated carbocycles. The van der Waals surface area contributed by atoms with Crippen LogP contribution >= 0.6 is 15.9 Å². The third-order valence-electron chi connectivity index (χ3n) is 2.32. The van der Waals surface area contributed by atoms with Crippen molar-refractivity contribution in [2.75, 3.05) is 5.32 Å². The number of halogens is 1. The average molecular weight is 325 g/mol. The molecule has 0 atom stereocenters. The molecular weight excluding hydrogens is 316 g/mol. The number of carbonyl (C=O) groups is 2. The number of hydrogen-bond acceptors (Lipinski definition) is 4. The van der Waals surface area contributed by atoms with Crippen molar-refractivity contribution >= 4 is 33.5 Å². The highest BCUT2D eigenvalue weighted by atomic mass is 79.9. The minimum Gasteiger partial charge on any atom is -0.478 e. The van der Waals surface area contributed by atoms with E-state index in [1.807, 2.05) is 0 Å². The molecule has 0 aliphatic rings. The molecule has 0 saturated heterocycles. The van der Waals surface area contributed by atoms with Gasteiger partial charge in [-0.2, -0.15) is 0 Å². The lowest BCUT2D eigenvalue weighted by atomic mass is 10.2. The molecule has 0 spiro atoms. The van der Waals surface area contributed by atoms with Crippen molar-refractivity contribution < 1.29 is 19.2 Å². The van der Waals surface area contributed by atoms with Crippen molar-refractivity contribution in [3.8, 4) is 0 Å². The van der Waals surface area contributed by atoms with E-state index in [0.717, 1.165) is 0 Å². The number of carbonyl (C=O) groups excluding carboxylic acids is 1. The SMILES string of the molecule is Cc1cc(C(=O)Nc2cc(C(=O)O)ccc2Br)no1. The van der Waals surface area contributed by atoms with Gasteiger partial charge in [0, 0.05) is 10.5 Å². The van der Waals surface area contributed by atoms with E-state index >= 15 is 0 Å². The minimum absolute atomic E-state index is 0.0785. The first-order valence-electron chi connectivity index (χ1n) is 5.25. The molecule has 1 amide bonds. The van der Waals surface area contributed by atoms with E-state index in [-0.39, 0.29) is 11.3 Å². The highest BCUT2D eigenvalue weighted by molar-refractivity contribution is 9.10. The number of anilines is 1. The quantitative estimate of drug-likeness (QED) is 0.905. The van der Waals surface area contributed by atoms with Gasteiger partial charge in [-0.3, -0.25) is 4.79 Å². The van der Waals surface area contributed by atoms with Gasteiger partial charge >= 0.3 is 5.97 Å². The van der Waals surface area contributed by atoms with Gasteiger partial charge in [-0.1, -0.05) is 5.16 Å². The van der Waals surface area contributed by atoms with E-state index in [9.17, 15) is 9.59 Å². The molecular formula is C12H9BrN2O4. The van der Waals surface area contributed by atoms with Gasteiger partial charge in [-0.25, -0.2) is 4.79 Å². The van der Waals surface area contributed by atoms with Gasteiger partial charge in [-0.05, 0) is 41.1 Å². The smallest absolute Gasteiger partial charge is 0.335 e. The van der Waals surface area contributed by atoms with E-state index in [0.29, 0.717) is 15.9 Å². The number of amides is 1. The van der Waals surface area contributed by atoms with E-state index in [1.54, 1.807) is 13.0 Å². The lowest BCUT2D eigenvalue weighted by molar-refractivity contribution is 0.0696. The molecule has 7 heteroatoms. The molecule has 2 N–H and O–H groups in total. The van der Waals surface area contributed by atoms with Crippen molar-refractivity contribution in [3.05, 3.63) is 45.8 Å². The second-order valence-electron chi connectivity index (χ2n) is 3.78. The van der Waals surface area contributed by atoms with E-state index in [2.05, 4.69) is 26.4 Å². The summed E-state index contributed by atoms with van der Waals surface area (Å²) in [5.74, 6) is -1.02. The summed E-state index contributed by atoms with van der Waals surface area (Å²) in [5, 5.41) is 15.0. The van der Waals surface area contributed by atoms with Gasteiger partial charge in [0.15, 0.2) is 5.69 Å². The molecule has 2 aromatic rings. The first kappa shape index (κ1) is 13.3. The lowest BCUT2D eigenvalue weighted by Crippen LogP contribution is -2.13. The fourth-order valence-corrected chi connectivity index (χ4v) is 1.76. The molecule has 0 fully saturated rings. The van der Waals surface area contributed by atoms with Gasteiger partial charge in [0.25, 0.3) is 5.91 Å². The fourth-order valence-electron chi connectivity index (χ4n) is 1.41. The van der Waals surface area contributed by atoms with Crippen molar-refractivity contribution in [2.45, 2.75) is 6.92 Å². The van der Waals surface area contributed by atoms with Crippen LogP contribution in [0.4, 0.5) is 5.69 Å². The topological polar surface area (TPSA) is 92.4 Å². The van der Waals surface area contributed by atoms with E-state index < -0.39 is 11.9 Å². The Bertz CT molecular complexity index is 651. The number of benzene rings is 1. The third kappa shape index (κ3) is 3.00. The summed E-state index contributed by atoms with van der Waals surface area (Å²) in [6.45, 7) is 1.67. The molecule has 0 bridgehead atoms. The highest BCUT2D eigenvalue weighted by Gasteiger charge is 2.14. The highest BCUT2D eigenvalue weighted by Crippen LogP contribution is 2.24. The maximum atomic E-state index is 11.9. The predicted molar refractivity (Wildman–Crippen MR) is 70.3 cm³/mol. The second-order valence-corrected chi connectivity index (χ2v) is 4.63. The van der Waals surface area contributed by atoms with Crippen LogP contribution in [0.2, 0.25) is 0 Å². The molecule has 6 nitrogen and oxygen atoms in total. The number of aromatic carboxylic acids is 1. The van der Waals surface area contributed by atoms with Gasteiger partial charge in [0.1, 0.15) is 5.76 Å². The largest absolute Gasteiger partial charge is 0.478 e. The molecule has 0 unspecified atom stereocenters. The lowest BCUT2D eigenvalue weighted by Gasteiger charge is -2.06. The molecule has 19 heavy (non-hydrogen) atoms. The Hall–Kier alpha value is -2.15. The van der Waals surface area contributed by atoms with E-state index in [1.165, 1.54) is 18.2 Å². The zero-order chi connectivity index (χ0) is 14.0. The number of carboxylic acid groups (broad SMARTS) is 1. The number of aryl methyl sites for hydroxylation is 1. The number of rotatable bonds is 3. The minimum atomic E-state index is -1.07. The molecule has 1 aromatic carbocycles. The average Bonchev–Trinajstić information content (AvgIpc) is 2.78. The Morgan fingerprint density at radius 3 is 2.68 bits per heavy atom. The number of carboxylic acids is 1. The monoisotopic (exact) mass is 324 g/mol. The summed E-state index contributed by atoms with van der Waals surface area (Å²) in [6.07, 6.45) is 0. The van der Waals surface area contributed by atoms with Crippen molar-refractivity contribution in [1.29, 1.82) is 0 Å². The van der Waals surface area contributed by atoms with Crippen molar-refractivity contribution in [2.24, 2.45) is 0 Å². The number of aromatic nitrogens is 1. The maximum Gasteiger partial charge on any atom is 0.335 e. The van der Waals surface area contributed by atoms with Gasteiger partial charge in [0.2, 0.25) is 0 Å². The summed E-state index contributed by atoms with van der Waals surface area (Å²) in [7, 11) is 0. The summed E-state index contributed by atoms with van der Waals surface area (Å²) in [6, 6.07) is 5.83. The van der Waals surface area contributed by atoms with Gasteiger partial charge < -0.3 is 14.9 Å². The van der Waals surface area contributed by atoms with Crippen LogP contribution in [-0.2, 0) is 0 Å². The summed E-state index contributed by atoms with van der Waals surface area (Å²) >= 11 is 3.23. The molecule has 98 valence electrons. The molecule has 1 aromatic heterocycles. The molecule has 1 heterocycles. The zero-order valence-electron chi connectivity index (χ0n) is 9.81. The molecule has 0 aliphatic heterocycles. The predicted octanol–water partition coefficient (Wildman–Crippen LogP) is 2.70. The first-order chi connectivity index (χ1) is 8.97. The fraction of sp³-hybridized carbons (Fsp3) is 0.0833. The van der Waals surface area contributed by atoms with Crippen LogP contribution < -0.4 is 5.32 Å². The molecule has 0 aliphatic carbocycles. The Labute approximate surface area is 116 Å². The number of nitrogens with one attached hydrogen (secondary N) is 1. The number of nitrogens with zero attached hydrogens (tertiary/aromatic N) is 1. The van der Waals surface area contributed by atoms with Crippen LogP contribution in [0, 0.1) is 6.92 Å². The Morgan fingerprint density at radius 1 is 1.37 bits per heavy atom.